The Labute approximate surface area is 112 Å². The van der Waals surface area contributed by atoms with Crippen molar-refractivity contribution in [1.82, 2.24) is 10.9 Å². The molecule has 0 aliphatic rings. The minimum Gasteiger partial charge on any atom is -0.307 e. The monoisotopic (exact) mass is 254 g/mol. The van der Waals surface area contributed by atoms with Gasteiger partial charge in [-0.3, -0.25) is 5.43 Å². The molecule has 0 atom stereocenters. The van der Waals surface area contributed by atoms with E-state index in [1.807, 2.05) is 72.9 Å². The molecule has 2 rings (SSSR count). The molecule has 0 amide bonds. The SMILES string of the molecule is S=C(NN/C=C/c1ccccc1)c1ccccc1. The summed E-state index contributed by atoms with van der Waals surface area (Å²) in [6.07, 6.45) is 3.80. The first kappa shape index (κ1) is 12.3. The largest absolute Gasteiger partial charge is 0.307 e. The first-order valence-corrected chi connectivity index (χ1v) is 6.09. The van der Waals surface area contributed by atoms with Gasteiger partial charge >= 0.3 is 0 Å². The van der Waals surface area contributed by atoms with Gasteiger partial charge in [0.1, 0.15) is 4.99 Å². The fourth-order valence-corrected chi connectivity index (χ4v) is 1.67. The lowest BCUT2D eigenvalue weighted by Gasteiger charge is -2.06. The van der Waals surface area contributed by atoms with Crippen molar-refractivity contribution < 1.29 is 0 Å². The molecule has 0 unspecified atom stereocenters. The molecule has 0 saturated heterocycles. The zero-order valence-corrected chi connectivity index (χ0v) is 10.7. The molecular formula is C15H14N2S. The van der Waals surface area contributed by atoms with E-state index in [1.165, 1.54) is 0 Å². The second-order valence-corrected chi connectivity index (χ2v) is 4.12. The highest BCUT2D eigenvalue weighted by molar-refractivity contribution is 7.80. The van der Waals surface area contributed by atoms with Crippen LogP contribution in [0.1, 0.15) is 11.1 Å². The summed E-state index contributed by atoms with van der Waals surface area (Å²) in [5, 5.41) is 0. The van der Waals surface area contributed by atoms with Crippen LogP contribution in [0.2, 0.25) is 0 Å². The molecule has 0 bridgehead atoms. The van der Waals surface area contributed by atoms with E-state index in [2.05, 4.69) is 10.9 Å². The van der Waals surface area contributed by atoms with E-state index in [1.54, 1.807) is 0 Å². The van der Waals surface area contributed by atoms with Crippen molar-refractivity contribution in [3.63, 3.8) is 0 Å². The Bertz CT molecular complexity index is 521. The first-order valence-electron chi connectivity index (χ1n) is 5.69. The van der Waals surface area contributed by atoms with E-state index >= 15 is 0 Å². The van der Waals surface area contributed by atoms with Gasteiger partial charge in [0.2, 0.25) is 0 Å². The van der Waals surface area contributed by atoms with Crippen LogP contribution in [0, 0.1) is 0 Å². The number of nitrogens with one attached hydrogen (secondary N) is 2. The number of benzene rings is 2. The number of hydrogen-bond acceptors (Lipinski definition) is 2. The zero-order valence-electron chi connectivity index (χ0n) is 9.84. The molecule has 0 aromatic heterocycles. The maximum atomic E-state index is 5.24. The van der Waals surface area contributed by atoms with Gasteiger partial charge < -0.3 is 5.43 Å². The van der Waals surface area contributed by atoms with Gasteiger partial charge in [-0.15, -0.1) is 0 Å². The van der Waals surface area contributed by atoms with Gasteiger partial charge in [-0.2, -0.15) is 0 Å². The van der Waals surface area contributed by atoms with Crippen LogP contribution in [-0.4, -0.2) is 4.99 Å². The van der Waals surface area contributed by atoms with E-state index in [4.69, 9.17) is 12.2 Å². The zero-order chi connectivity index (χ0) is 12.6. The predicted molar refractivity (Wildman–Crippen MR) is 79.9 cm³/mol. The number of hydrazine groups is 1. The van der Waals surface area contributed by atoms with Gasteiger partial charge in [0.05, 0.1) is 0 Å². The van der Waals surface area contributed by atoms with Crippen LogP contribution in [0.3, 0.4) is 0 Å². The van der Waals surface area contributed by atoms with Crippen LogP contribution in [0.15, 0.2) is 66.9 Å². The average Bonchev–Trinajstić information content (AvgIpc) is 2.45. The summed E-state index contributed by atoms with van der Waals surface area (Å²) in [6, 6.07) is 19.9. The van der Waals surface area contributed by atoms with Crippen molar-refractivity contribution in [3.05, 3.63) is 78.0 Å². The smallest absolute Gasteiger partial charge is 0.125 e. The molecule has 0 saturated carbocycles. The van der Waals surface area contributed by atoms with Crippen molar-refractivity contribution in [2.24, 2.45) is 0 Å². The molecule has 0 aliphatic heterocycles. The first-order chi connectivity index (χ1) is 8.86. The molecule has 90 valence electrons. The Kier molecular flexibility index (Phi) is 4.50. The van der Waals surface area contributed by atoms with E-state index in [-0.39, 0.29) is 0 Å². The summed E-state index contributed by atoms with van der Waals surface area (Å²) in [5.74, 6) is 0. The van der Waals surface area contributed by atoms with E-state index in [0.29, 0.717) is 4.99 Å². The fraction of sp³-hybridized carbons (Fsp3) is 0. The molecule has 2 aromatic rings. The van der Waals surface area contributed by atoms with Gasteiger partial charge in [0.25, 0.3) is 0 Å². The fourth-order valence-electron chi connectivity index (χ4n) is 1.47. The number of rotatable bonds is 4. The highest BCUT2D eigenvalue weighted by Gasteiger charge is 1.96. The summed E-state index contributed by atoms with van der Waals surface area (Å²) in [5.41, 5.74) is 8.05. The minimum atomic E-state index is 0.674. The van der Waals surface area contributed by atoms with Gasteiger partial charge in [-0.1, -0.05) is 72.9 Å². The lowest BCUT2D eigenvalue weighted by atomic mass is 10.2. The highest BCUT2D eigenvalue weighted by Crippen LogP contribution is 2.00. The molecule has 2 nitrogen and oxygen atoms in total. The normalized spacial score (nSPS) is 10.2. The van der Waals surface area contributed by atoms with Crippen LogP contribution < -0.4 is 10.9 Å². The molecule has 18 heavy (non-hydrogen) atoms. The summed E-state index contributed by atoms with van der Waals surface area (Å²) in [7, 11) is 0. The maximum Gasteiger partial charge on any atom is 0.125 e. The number of hydrogen-bond donors (Lipinski definition) is 2. The summed E-state index contributed by atoms with van der Waals surface area (Å²) in [6.45, 7) is 0. The van der Waals surface area contributed by atoms with Gasteiger partial charge in [-0.05, 0) is 11.6 Å². The lowest BCUT2D eigenvalue weighted by Crippen LogP contribution is -2.32. The van der Waals surface area contributed by atoms with Crippen LogP contribution in [-0.2, 0) is 0 Å². The van der Waals surface area contributed by atoms with E-state index in [0.717, 1.165) is 11.1 Å². The van der Waals surface area contributed by atoms with Crippen molar-refractivity contribution in [2.75, 3.05) is 0 Å². The summed E-state index contributed by atoms with van der Waals surface area (Å²) < 4.78 is 0. The maximum absolute atomic E-state index is 5.24. The summed E-state index contributed by atoms with van der Waals surface area (Å²) >= 11 is 5.24. The minimum absolute atomic E-state index is 0.674. The van der Waals surface area contributed by atoms with Crippen LogP contribution in [0.5, 0.6) is 0 Å². The molecule has 2 N–H and O–H groups in total. The third-order valence-electron chi connectivity index (χ3n) is 2.38. The molecule has 0 heterocycles. The lowest BCUT2D eigenvalue weighted by molar-refractivity contribution is 0.834. The Hall–Kier alpha value is -2.13. The van der Waals surface area contributed by atoms with Gasteiger partial charge in [0.15, 0.2) is 0 Å². The van der Waals surface area contributed by atoms with Crippen LogP contribution in [0.4, 0.5) is 0 Å². The van der Waals surface area contributed by atoms with E-state index < -0.39 is 0 Å². The Morgan fingerprint density at radius 1 is 0.889 bits per heavy atom. The third-order valence-corrected chi connectivity index (χ3v) is 2.72. The predicted octanol–water partition coefficient (Wildman–Crippen LogP) is 3.13. The van der Waals surface area contributed by atoms with Gasteiger partial charge in [-0.25, -0.2) is 0 Å². The van der Waals surface area contributed by atoms with Crippen molar-refractivity contribution in [3.8, 4) is 0 Å². The number of thiocarbonyl (C=S) groups is 1. The second-order valence-electron chi connectivity index (χ2n) is 3.71. The Morgan fingerprint density at radius 3 is 2.17 bits per heavy atom. The van der Waals surface area contributed by atoms with Gasteiger partial charge in [0, 0.05) is 11.8 Å². The molecule has 0 radical (unpaired) electrons. The van der Waals surface area contributed by atoms with Crippen molar-refractivity contribution in [2.45, 2.75) is 0 Å². The molecule has 0 spiro atoms. The molecule has 0 aliphatic carbocycles. The van der Waals surface area contributed by atoms with Crippen LogP contribution in [0.25, 0.3) is 6.08 Å². The third kappa shape index (κ3) is 3.71. The Morgan fingerprint density at radius 2 is 1.50 bits per heavy atom. The molecular weight excluding hydrogens is 240 g/mol. The molecule has 3 heteroatoms. The second kappa shape index (κ2) is 6.57. The topological polar surface area (TPSA) is 24.1 Å². The standard InChI is InChI=1S/C15H14N2S/c18-15(14-9-5-2-6-10-14)17-16-12-11-13-7-3-1-4-8-13/h1-12,16H,(H,17,18)/b12-11+. The van der Waals surface area contributed by atoms with Crippen molar-refractivity contribution in [1.29, 1.82) is 0 Å². The van der Waals surface area contributed by atoms with Crippen molar-refractivity contribution >= 4 is 23.3 Å². The quantitative estimate of drug-likeness (QED) is 0.647. The van der Waals surface area contributed by atoms with Crippen LogP contribution >= 0.6 is 12.2 Å². The van der Waals surface area contributed by atoms with E-state index in [9.17, 15) is 0 Å². The molecule has 2 aromatic carbocycles. The highest BCUT2D eigenvalue weighted by atomic mass is 32.1. The molecule has 0 fully saturated rings. The Balaban J connectivity index is 1.83. The summed E-state index contributed by atoms with van der Waals surface area (Å²) in [4.78, 5) is 0.674. The average molecular weight is 254 g/mol.